The van der Waals surface area contributed by atoms with Crippen molar-refractivity contribution >= 4 is 27.5 Å². The third-order valence-corrected chi connectivity index (χ3v) is 3.24. The van der Waals surface area contributed by atoms with Gasteiger partial charge in [-0.2, -0.15) is 0 Å². The summed E-state index contributed by atoms with van der Waals surface area (Å²) in [6.07, 6.45) is 1.14. The topological polar surface area (TPSA) is 12.0 Å². The van der Waals surface area contributed by atoms with E-state index in [4.69, 9.17) is 11.6 Å². The van der Waals surface area contributed by atoms with Gasteiger partial charge in [0, 0.05) is 22.1 Å². The van der Waals surface area contributed by atoms with Crippen LogP contribution < -0.4 is 5.32 Å². The zero-order chi connectivity index (χ0) is 10.6. The third kappa shape index (κ3) is 3.60. The van der Waals surface area contributed by atoms with Crippen molar-refractivity contribution < 1.29 is 0 Å². The van der Waals surface area contributed by atoms with Crippen LogP contribution in [0.2, 0.25) is 5.02 Å². The Hall–Kier alpha value is -0.0500. The van der Waals surface area contributed by atoms with Crippen molar-refractivity contribution in [2.75, 3.05) is 0 Å². The Morgan fingerprint density at radius 2 is 2.21 bits per heavy atom. The van der Waals surface area contributed by atoms with Gasteiger partial charge in [-0.05, 0) is 31.0 Å². The van der Waals surface area contributed by atoms with E-state index in [0.717, 1.165) is 22.5 Å². The number of hydrogen-bond acceptors (Lipinski definition) is 1. The second kappa shape index (κ2) is 5.74. The molecule has 78 valence electrons. The Kier molecular flexibility index (Phi) is 4.93. The van der Waals surface area contributed by atoms with E-state index < -0.39 is 0 Å². The minimum atomic E-state index is 0.553. The fraction of sp³-hybridized carbons (Fsp3) is 0.455. The van der Waals surface area contributed by atoms with E-state index in [0.29, 0.717) is 6.04 Å². The standard InChI is InChI=1S/C11H15BrClN/c1-3-8(2)14-7-9-4-5-10(13)6-11(9)12/h4-6,8,14H,3,7H2,1-2H3. The SMILES string of the molecule is CCC(C)NCc1ccc(Cl)cc1Br. The van der Waals surface area contributed by atoms with Gasteiger partial charge in [0.2, 0.25) is 0 Å². The zero-order valence-electron chi connectivity index (χ0n) is 8.48. The van der Waals surface area contributed by atoms with Crippen LogP contribution in [-0.4, -0.2) is 6.04 Å². The van der Waals surface area contributed by atoms with Crippen molar-refractivity contribution in [3.8, 4) is 0 Å². The lowest BCUT2D eigenvalue weighted by Crippen LogP contribution is -2.24. The molecular weight excluding hydrogens is 261 g/mol. The first-order chi connectivity index (χ1) is 6.63. The summed E-state index contributed by atoms with van der Waals surface area (Å²) in [6, 6.07) is 6.44. The van der Waals surface area contributed by atoms with Crippen LogP contribution in [0.5, 0.6) is 0 Å². The van der Waals surface area contributed by atoms with E-state index >= 15 is 0 Å². The van der Waals surface area contributed by atoms with Gasteiger partial charge in [-0.25, -0.2) is 0 Å². The van der Waals surface area contributed by atoms with E-state index in [1.54, 1.807) is 0 Å². The van der Waals surface area contributed by atoms with Crippen molar-refractivity contribution in [1.82, 2.24) is 5.32 Å². The molecule has 0 aromatic heterocycles. The Labute approximate surface area is 99.0 Å². The molecule has 1 N–H and O–H groups in total. The predicted octanol–water partition coefficient (Wildman–Crippen LogP) is 3.99. The molecule has 0 aliphatic heterocycles. The molecule has 0 spiro atoms. The second-order valence-electron chi connectivity index (χ2n) is 3.43. The summed E-state index contributed by atoms with van der Waals surface area (Å²) < 4.78 is 1.07. The summed E-state index contributed by atoms with van der Waals surface area (Å²) in [6.45, 7) is 5.24. The van der Waals surface area contributed by atoms with Crippen LogP contribution in [0.1, 0.15) is 25.8 Å². The average molecular weight is 277 g/mol. The molecule has 0 saturated carbocycles. The van der Waals surface area contributed by atoms with Gasteiger partial charge in [0.1, 0.15) is 0 Å². The van der Waals surface area contributed by atoms with Crippen LogP contribution in [0.3, 0.4) is 0 Å². The molecule has 0 fully saturated rings. The van der Waals surface area contributed by atoms with Gasteiger partial charge in [0.25, 0.3) is 0 Å². The molecule has 0 aliphatic carbocycles. The van der Waals surface area contributed by atoms with E-state index in [9.17, 15) is 0 Å². The largest absolute Gasteiger partial charge is 0.310 e. The maximum Gasteiger partial charge on any atom is 0.0417 e. The minimum Gasteiger partial charge on any atom is -0.310 e. The minimum absolute atomic E-state index is 0.553. The molecule has 1 atom stereocenters. The van der Waals surface area contributed by atoms with Crippen LogP contribution in [0, 0.1) is 0 Å². The Bertz CT molecular complexity index is 301. The normalized spacial score (nSPS) is 12.9. The van der Waals surface area contributed by atoms with Gasteiger partial charge in [-0.15, -0.1) is 0 Å². The van der Waals surface area contributed by atoms with Gasteiger partial charge in [0.05, 0.1) is 0 Å². The van der Waals surface area contributed by atoms with Crippen molar-refractivity contribution in [1.29, 1.82) is 0 Å². The van der Waals surface area contributed by atoms with Crippen LogP contribution in [0.15, 0.2) is 22.7 Å². The maximum atomic E-state index is 5.86. The van der Waals surface area contributed by atoms with Crippen molar-refractivity contribution in [3.05, 3.63) is 33.3 Å². The summed E-state index contributed by atoms with van der Waals surface area (Å²) >= 11 is 9.35. The van der Waals surface area contributed by atoms with E-state index in [2.05, 4.69) is 35.1 Å². The summed E-state index contributed by atoms with van der Waals surface area (Å²) in [4.78, 5) is 0. The molecule has 0 bridgehead atoms. The predicted molar refractivity (Wildman–Crippen MR) is 65.7 cm³/mol. The first-order valence-electron chi connectivity index (χ1n) is 4.80. The molecule has 3 heteroatoms. The van der Waals surface area contributed by atoms with Crippen LogP contribution in [0.25, 0.3) is 0 Å². The first-order valence-corrected chi connectivity index (χ1v) is 5.98. The molecule has 1 aromatic rings. The lowest BCUT2D eigenvalue weighted by atomic mass is 10.2. The van der Waals surface area contributed by atoms with Gasteiger partial charge in [0.15, 0.2) is 0 Å². The second-order valence-corrected chi connectivity index (χ2v) is 4.72. The highest BCUT2D eigenvalue weighted by Crippen LogP contribution is 2.21. The molecule has 1 unspecified atom stereocenters. The van der Waals surface area contributed by atoms with E-state index in [-0.39, 0.29) is 0 Å². The maximum absolute atomic E-state index is 5.86. The first kappa shape index (κ1) is 12.0. The molecule has 0 heterocycles. The van der Waals surface area contributed by atoms with Gasteiger partial charge in [-0.3, -0.25) is 0 Å². The molecular formula is C11H15BrClN. The number of nitrogens with one attached hydrogen (secondary N) is 1. The quantitative estimate of drug-likeness (QED) is 0.877. The van der Waals surface area contributed by atoms with Crippen LogP contribution in [0.4, 0.5) is 0 Å². The summed E-state index contributed by atoms with van der Waals surface area (Å²) in [5.74, 6) is 0. The number of halogens is 2. The van der Waals surface area contributed by atoms with Gasteiger partial charge < -0.3 is 5.32 Å². The van der Waals surface area contributed by atoms with Gasteiger partial charge in [-0.1, -0.05) is 40.5 Å². The van der Waals surface area contributed by atoms with Crippen LogP contribution in [-0.2, 0) is 6.54 Å². The fourth-order valence-corrected chi connectivity index (χ4v) is 1.92. The van der Waals surface area contributed by atoms with Gasteiger partial charge >= 0.3 is 0 Å². The average Bonchev–Trinajstić information content (AvgIpc) is 2.16. The summed E-state index contributed by atoms with van der Waals surface area (Å²) in [5, 5.41) is 4.20. The Morgan fingerprint density at radius 1 is 1.50 bits per heavy atom. The van der Waals surface area contributed by atoms with E-state index in [1.165, 1.54) is 5.56 Å². The molecule has 0 amide bonds. The highest BCUT2D eigenvalue weighted by atomic mass is 79.9. The molecule has 0 aliphatic rings. The monoisotopic (exact) mass is 275 g/mol. The fourth-order valence-electron chi connectivity index (χ4n) is 1.09. The number of benzene rings is 1. The molecule has 1 rings (SSSR count). The lowest BCUT2D eigenvalue weighted by Gasteiger charge is -2.12. The highest BCUT2D eigenvalue weighted by Gasteiger charge is 2.02. The smallest absolute Gasteiger partial charge is 0.0417 e. The number of rotatable bonds is 4. The van der Waals surface area contributed by atoms with E-state index in [1.807, 2.05) is 18.2 Å². The molecule has 1 nitrogen and oxygen atoms in total. The van der Waals surface area contributed by atoms with Crippen molar-refractivity contribution in [3.63, 3.8) is 0 Å². The molecule has 0 saturated heterocycles. The Morgan fingerprint density at radius 3 is 2.79 bits per heavy atom. The molecule has 0 radical (unpaired) electrons. The van der Waals surface area contributed by atoms with Crippen molar-refractivity contribution in [2.45, 2.75) is 32.9 Å². The molecule has 1 aromatic carbocycles. The third-order valence-electron chi connectivity index (χ3n) is 2.27. The number of hydrogen-bond donors (Lipinski definition) is 1. The summed E-state index contributed by atoms with van der Waals surface area (Å²) in [5.41, 5.74) is 1.25. The lowest BCUT2D eigenvalue weighted by molar-refractivity contribution is 0.533. The Balaban J connectivity index is 2.59. The zero-order valence-corrected chi connectivity index (χ0v) is 10.8. The van der Waals surface area contributed by atoms with Crippen molar-refractivity contribution in [2.24, 2.45) is 0 Å². The molecule has 14 heavy (non-hydrogen) atoms. The highest BCUT2D eigenvalue weighted by molar-refractivity contribution is 9.10. The van der Waals surface area contributed by atoms with Crippen LogP contribution >= 0.6 is 27.5 Å². The summed E-state index contributed by atoms with van der Waals surface area (Å²) in [7, 11) is 0.